The van der Waals surface area contributed by atoms with Crippen molar-refractivity contribution in [1.82, 2.24) is 5.32 Å². The summed E-state index contributed by atoms with van der Waals surface area (Å²) in [5.74, 6) is 1.85. The summed E-state index contributed by atoms with van der Waals surface area (Å²) in [7, 11) is 1.75. The molecule has 0 aliphatic heterocycles. The second-order valence-corrected chi connectivity index (χ2v) is 2.90. The standard InChI is InChI=1S/C11H10F3N/c1-15-5-3-2-4-8-6-9(12)7-10(13)11(8)14/h6-7,15H,3,5H2,1H3. The SMILES string of the molecule is CNCCC#Cc1cc(F)cc(F)c1F. The maximum absolute atomic E-state index is 13.0. The van der Waals surface area contributed by atoms with Gasteiger partial charge in [-0.05, 0) is 13.1 Å². The van der Waals surface area contributed by atoms with Gasteiger partial charge in [0.25, 0.3) is 0 Å². The maximum atomic E-state index is 13.0. The summed E-state index contributed by atoms with van der Waals surface area (Å²) < 4.78 is 38.4. The summed E-state index contributed by atoms with van der Waals surface area (Å²) in [5.41, 5.74) is -0.247. The van der Waals surface area contributed by atoms with Crippen LogP contribution in [0, 0.1) is 29.3 Å². The van der Waals surface area contributed by atoms with E-state index < -0.39 is 17.5 Å². The molecule has 0 unspecified atom stereocenters. The molecule has 0 radical (unpaired) electrons. The summed E-state index contributed by atoms with van der Waals surface area (Å²) >= 11 is 0. The number of benzene rings is 1. The molecule has 0 aromatic heterocycles. The predicted molar refractivity (Wildman–Crippen MR) is 51.7 cm³/mol. The van der Waals surface area contributed by atoms with E-state index in [0.29, 0.717) is 19.0 Å². The lowest BCUT2D eigenvalue weighted by Gasteiger charge is -1.96. The highest BCUT2D eigenvalue weighted by Gasteiger charge is 2.08. The first-order chi connectivity index (χ1) is 7.15. The lowest BCUT2D eigenvalue weighted by atomic mass is 10.2. The third-order valence-corrected chi connectivity index (χ3v) is 1.72. The third-order valence-electron chi connectivity index (χ3n) is 1.72. The van der Waals surface area contributed by atoms with Crippen LogP contribution in [-0.2, 0) is 0 Å². The zero-order chi connectivity index (χ0) is 11.3. The van der Waals surface area contributed by atoms with Crippen molar-refractivity contribution in [3.05, 3.63) is 35.1 Å². The van der Waals surface area contributed by atoms with Crippen LogP contribution in [0.3, 0.4) is 0 Å². The van der Waals surface area contributed by atoms with E-state index in [9.17, 15) is 13.2 Å². The predicted octanol–water partition coefficient (Wildman–Crippen LogP) is 2.06. The largest absolute Gasteiger partial charge is 0.319 e. The smallest absolute Gasteiger partial charge is 0.174 e. The quantitative estimate of drug-likeness (QED) is 0.450. The summed E-state index contributed by atoms with van der Waals surface area (Å²) in [6.07, 6.45) is 0.494. The van der Waals surface area contributed by atoms with Gasteiger partial charge in [-0.15, -0.1) is 0 Å². The Labute approximate surface area is 86.3 Å². The summed E-state index contributed by atoms with van der Waals surface area (Å²) in [6.45, 7) is 0.645. The Kier molecular flexibility index (Phi) is 4.19. The van der Waals surface area contributed by atoms with Gasteiger partial charge in [0.15, 0.2) is 11.6 Å². The topological polar surface area (TPSA) is 12.0 Å². The second-order valence-electron chi connectivity index (χ2n) is 2.90. The van der Waals surface area contributed by atoms with Crippen molar-refractivity contribution in [2.45, 2.75) is 6.42 Å². The normalized spacial score (nSPS) is 9.60. The molecule has 0 spiro atoms. The molecule has 0 fully saturated rings. The molecule has 1 N–H and O–H groups in total. The fourth-order valence-electron chi connectivity index (χ4n) is 0.992. The zero-order valence-electron chi connectivity index (χ0n) is 8.20. The molecule has 0 aliphatic carbocycles. The molecular formula is C11H10F3N. The minimum absolute atomic E-state index is 0.247. The van der Waals surface area contributed by atoms with E-state index in [1.807, 2.05) is 0 Å². The first-order valence-corrected chi connectivity index (χ1v) is 4.43. The van der Waals surface area contributed by atoms with Crippen LogP contribution in [0.2, 0.25) is 0 Å². The highest BCUT2D eigenvalue weighted by Crippen LogP contribution is 2.12. The van der Waals surface area contributed by atoms with Gasteiger partial charge in [0, 0.05) is 19.0 Å². The highest BCUT2D eigenvalue weighted by atomic mass is 19.2. The van der Waals surface area contributed by atoms with Crippen LogP contribution in [0.1, 0.15) is 12.0 Å². The first-order valence-electron chi connectivity index (χ1n) is 4.43. The monoisotopic (exact) mass is 213 g/mol. The van der Waals surface area contributed by atoms with Crippen LogP contribution in [0.25, 0.3) is 0 Å². The Morgan fingerprint density at radius 2 is 2.00 bits per heavy atom. The number of hydrogen-bond acceptors (Lipinski definition) is 1. The Morgan fingerprint density at radius 1 is 1.27 bits per heavy atom. The van der Waals surface area contributed by atoms with Gasteiger partial charge in [0.1, 0.15) is 5.82 Å². The lowest BCUT2D eigenvalue weighted by molar-refractivity contribution is 0.492. The number of nitrogens with one attached hydrogen (secondary N) is 1. The van der Waals surface area contributed by atoms with Crippen molar-refractivity contribution < 1.29 is 13.2 Å². The van der Waals surface area contributed by atoms with Crippen LogP contribution in [0.5, 0.6) is 0 Å². The number of halogens is 3. The van der Waals surface area contributed by atoms with Crippen molar-refractivity contribution in [2.75, 3.05) is 13.6 Å². The molecule has 0 heterocycles. The van der Waals surface area contributed by atoms with Crippen molar-refractivity contribution in [3.8, 4) is 11.8 Å². The van der Waals surface area contributed by atoms with Crippen LogP contribution >= 0.6 is 0 Å². The van der Waals surface area contributed by atoms with Gasteiger partial charge < -0.3 is 5.32 Å². The fourth-order valence-corrected chi connectivity index (χ4v) is 0.992. The van der Waals surface area contributed by atoms with E-state index >= 15 is 0 Å². The minimum atomic E-state index is -1.21. The second kappa shape index (κ2) is 5.42. The van der Waals surface area contributed by atoms with Crippen LogP contribution in [0.15, 0.2) is 12.1 Å². The summed E-state index contributed by atoms with van der Waals surface area (Å²) in [5, 5.41) is 2.85. The van der Waals surface area contributed by atoms with Gasteiger partial charge in [0.05, 0.1) is 5.56 Å². The maximum Gasteiger partial charge on any atom is 0.174 e. The molecule has 0 amide bonds. The highest BCUT2D eigenvalue weighted by molar-refractivity contribution is 5.36. The van der Waals surface area contributed by atoms with Gasteiger partial charge >= 0.3 is 0 Å². The van der Waals surface area contributed by atoms with E-state index in [0.717, 1.165) is 6.07 Å². The molecule has 15 heavy (non-hydrogen) atoms. The zero-order valence-corrected chi connectivity index (χ0v) is 8.20. The number of hydrogen-bond donors (Lipinski definition) is 1. The Balaban J connectivity index is 2.88. The van der Waals surface area contributed by atoms with Crippen molar-refractivity contribution in [1.29, 1.82) is 0 Å². The van der Waals surface area contributed by atoms with Gasteiger partial charge in [-0.3, -0.25) is 0 Å². The van der Waals surface area contributed by atoms with Gasteiger partial charge in [0.2, 0.25) is 0 Å². The lowest BCUT2D eigenvalue weighted by Crippen LogP contribution is -2.05. The van der Waals surface area contributed by atoms with E-state index in [4.69, 9.17) is 0 Å². The van der Waals surface area contributed by atoms with Crippen molar-refractivity contribution in [3.63, 3.8) is 0 Å². The molecule has 1 rings (SSSR count). The Bertz CT molecular complexity index is 404. The fraction of sp³-hybridized carbons (Fsp3) is 0.273. The summed E-state index contributed by atoms with van der Waals surface area (Å²) in [4.78, 5) is 0. The molecular weight excluding hydrogens is 203 g/mol. The Morgan fingerprint density at radius 3 is 2.67 bits per heavy atom. The van der Waals surface area contributed by atoms with Crippen LogP contribution in [0.4, 0.5) is 13.2 Å². The average molecular weight is 213 g/mol. The molecule has 0 aliphatic rings. The molecule has 1 nitrogen and oxygen atoms in total. The molecule has 0 atom stereocenters. The van der Waals surface area contributed by atoms with E-state index in [-0.39, 0.29) is 5.56 Å². The molecule has 1 aromatic carbocycles. The third kappa shape index (κ3) is 3.30. The van der Waals surface area contributed by atoms with Gasteiger partial charge in [-0.1, -0.05) is 11.8 Å². The molecule has 0 bridgehead atoms. The van der Waals surface area contributed by atoms with E-state index in [2.05, 4.69) is 17.2 Å². The molecule has 80 valence electrons. The Hall–Kier alpha value is -1.47. The molecule has 0 saturated carbocycles. The number of rotatable bonds is 2. The van der Waals surface area contributed by atoms with Gasteiger partial charge in [-0.2, -0.15) is 0 Å². The summed E-state index contributed by atoms with van der Waals surface area (Å²) in [6, 6.07) is 1.37. The molecule has 0 saturated heterocycles. The van der Waals surface area contributed by atoms with Gasteiger partial charge in [-0.25, -0.2) is 13.2 Å². The first kappa shape index (κ1) is 11.6. The van der Waals surface area contributed by atoms with Crippen LogP contribution < -0.4 is 5.32 Å². The minimum Gasteiger partial charge on any atom is -0.319 e. The molecule has 4 heteroatoms. The van der Waals surface area contributed by atoms with Crippen molar-refractivity contribution >= 4 is 0 Å². The molecule has 1 aromatic rings. The average Bonchev–Trinajstić information content (AvgIpc) is 2.19. The van der Waals surface area contributed by atoms with E-state index in [1.165, 1.54) is 0 Å². The van der Waals surface area contributed by atoms with Crippen molar-refractivity contribution in [2.24, 2.45) is 0 Å². The van der Waals surface area contributed by atoms with Crippen LogP contribution in [-0.4, -0.2) is 13.6 Å². The van der Waals surface area contributed by atoms with E-state index in [1.54, 1.807) is 7.05 Å².